The predicted octanol–water partition coefficient (Wildman–Crippen LogP) is 11.5. The molecule has 0 radical (unpaired) electrons. The molecule has 0 spiro atoms. The summed E-state index contributed by atoms with van der Waals surface area (Å²) in [4.78, 5) is 10.1. The van der Waals surface area contributed by atoms with Crippen LogP contribution in [0.15, 0.2) is 46.4 Å². The minimum atomic E-state index is 0. The van der Waals surface area contributed by atoms with Gasteiger partial charge in [0.1, 0.15) is 0 Å². The molecule has 2 aromatic carbocycles. The van der Waals surface area contributed by atoms with Gasteiger partial charge in [-0.1, -0.05) is 91.7 Å². The molecular weight excluding hydrogens is 567 g/mol. The number of hydrogen-bond acceptors (Lipinski definition) is 2. The summed E-state index contributed by atoms with van der Waals surface area (Å²) in [6.07, 6.45) is 22.6. The van der Waals surface area contributed by atoms with Crippen molar-refractivity contribution >= 4 is 23.3 Å². The van der Waals surface area contributed by atoms with Gasteiger partial charge in [-0.2, -0.15) is 0 Å². The molecule has 0 aliphatic carbocycles. The molecule has 0 atom stereocenters. The third-order valence-electron chi connectivity index (χ3n) is 7.50. The molecule has 0 aliphatic rings. The zero-order valence-electron chi connectivity index (χ0n) is 25.8. The summed E-state index contributed by atoms with van der Waals surface area (Å²) in [5, 5.41) is 0. The van der Waals surface area contributed by atoms with Crippen molar-refractivity contribution in [3.8, 4) is 0 Å². The first-order chi connectivity index (χ1) is 18.6. The second kappa shape index (κ2) is 22.2. The Morgan fingerprint density at radius 1 is 0.538 bits per heavy atom. The number of nitrogens with zero attached hydrogens (tertiary/aromatic N) is 2. The van der Waals surface area contributed by atoms with Crippen LogP contribution < -0.4 is 0 Å². The van der Waals surface area contributed by atoms with Crippen LogP contribution in [0, 0.1) is 0 Å². The van der Waals surface area contributed by atoms with Crippen molar-refractivity contribution < 1.29 is 20.4 Å². The maximum absolute atomic E-state index is 5.16. The van der Waals surface area contributed by atoms with Crippen molar-refractivity contribution in [2.75, 3.05) is 0 Å². The fourth-order valence-electron chi connectivity index (χ4n) is 4.99. The predicted molar refractivity (Wildman–Crippen MR) is 171 cm³/mol. The van der Waals surface area contributed by atoms with Gasteiger partial charge in [0.05, 0.1) is 17.1 Å². The first-order valence-electron chi connectivity index (χ1n) is 16.0. The summed E-state index contributed by atoms with van der Waals surface area (Å²) < 4.78 is 0. The van der Waals surface area contributed by atoms with Crippen LogP contribution in [-0.2, 0) is 46.1 Å². The van der Waals surface area contributed by atoms with Gasteiger partial charge in [0.2, 0.25) is 0 Å². The number of hydrogen-bond donors (Lipinski definition) is 0. The molecule has 0 saturated heterocycles. The molecule has 2 aromatic rings. The summed E-state index contributed by atoms with van der Waals surface area (Å²) in [6.45, 7) is 11.4. The molecular formula is C36H56N2Pd. The van der Waals surface area contributed by atoms with Crippen molar-refractivity contribution in [3.05, 3.63) is 58.7 Å². The van der Waals surface area contributed by atoms with Gasteiger partial charge in [-0.15, -0.1) is 0 Å². The summed E-state index contributed by atoms with van der Waals surface area (Å²) in [5.74, 6) is 0. The van der Waals surface area contributed by atoms with Crippen LogP contribution in [-0.4, -0.2) is 11.9 Å². The van der Waals surface area contributed by atoms with Gasteiger partial charge in [-0.25, -0.2) is 0 Å². The maximum atomic E-state index is 5.16. The SMILES string of the molecule is CCCCCCC(C=Nc1ccc(CCCC)c(CCCC)c1)=Nc1ccc(CCCC)c(CCCC)c1.[Pd]. The van der Waals surface area contributed by atoms with Crippen molar-refractivity contribution in [2.45, 2.75) is 144 Å². The van der Waals surface area contributed by atoms with E-state index in [0.717, 1.165) is 36.3 Å². The first kappa shape index (κ1) is 35.5. The topological polar surface area (TPSA) is 24.7 Å². The van der Waals surface area contributed by atoms with Gasteiger partial charge in [0.25, 0.3) is 0 Å². The molecule has 0 aliphatic heterocycles. The molecule has 0 N–H and O–H groups in total. The standard InChI is InChI=1S/C36H56N2.Pd/c1-6-11-16-17-22-36(38-35-26-24-31(19-13-8-3)33(28-35)21-15-10-5)29-37-34-25-23-30(18-12-7-2)32(27-34)20-14-9-4;/h23-29H,6-22H2,1-5H3;. The zero-order valence-corrected chi connectivity index (χ0v) is 27.3. The normalized spacial score (nSPS) is 11.8. The Kier molecular flexibility index (Phi) is 20.2. The Balaban J connectivity index is 0.00000760. The van der Waals surface area contributed by atoms with E-state index in [1.807, 2.05) is 6.21 Å². The molecule has 3 heteroatoms. The van der Waals surface area contributed by atoms with Gasteiger partial charge in [0, 0.05) is 26.6 Å². The smallest absolute Gasteiger partial charge is 0.0636 e. The largest absolute Gasteiger partial charge is 0.255 e. The molecule has 0 saturated carbocycles. The van der Waals surface area contributed by atoms with Crippen molar-refractivity contribution in [2.24, 2.45) is 9.98 Å². The zero-order chi connectivity index (χ0) is 27.4. The van der Waals surface area contributed by atoms with E-state index >= 15 is 0 Å². The molecule has 0 amide bonds. The molecule has 0 fully saturated rings. The Morgan fingerprint density at radius 2 is 1.00 bits per heavy atom. The molecule has 2 nitrogen and oxygen atoms in total. The number of rotatable bonds is 20. The van der Waals surface area contributed by atoms with Crippen LogP contribution in [0.3, 0.4) is 0 Å². The van der Waals surface area contributed by atoms with Crippen molar-refractivity contribution in [1.29, 1.82) is 0 Å². The molecule has 39 heavy (non-hydrogen) atoms. The van der Waals surface area contributed by atoms with E-state index in [0.29, 0.717) is 0 Å². The van der Waals surface area contributed by atoms with E-state index in [2.05, 4.69) is 71.0 Å². The number of aliphatic imine (C=N–C) groups is 2. The molecule has 2 rings (SSSR count). The second-order valence-electron chi connectivity index (χ2n) is 11.0. The Bertz CT molecular complexity index is 976. The number of unbranched alkanes of at least 4 members (excludes halogenated alkanes) is 7. The van der Waals surface area contributed by atoms with Crippen LogP contribution in [0.4, 0.5) is 11.4 Å². The molecule has 0 heterocycles. The van der Waals surface area contributed by atoms with Crippen molar-refractivity contribution in [1.82, 2.24) is 0 Å². The van der Waals surface area contributed by atoms with Gasteiger partial charge in [-0.05, 0) is 111 Å². The third kappa shape index (κ3) is 14.1. The van der Waals surface area contributed by atoms with Gasteiger partial charge < -0.3 is 0 Å². The maximum Gasteiger partial charge on any atom is 0.0636 e. The first-order valence-corrected chi connectivity index (χ1v) is 16.0. The Hall–Kier alpha value is -1.56. The van der Waals surface area contributed by atoms with Gasteiger partial charge in [-0.3, -0.25) is 9.98 Å². The monoisotopic (exact) mass is 622 g/mol. The van der Waals surface area contributed by atoms with Crippen LogP contribution in [0.2, 0.25) is 0 Å². The molecule has 0 bridgehead atoms. The van der Waals surface area contributed by atoms with Gasteiger partial charge >= 0.3 is 0 Å². The van der Waals surface area contributed by atoms with E-state index < -0.39 is 0 Å². The quantitative estimate of drug-likeness (QED) is 0.0797. The Morgan fingerprint density at radius 3 is 1.51 bits per heavy atom. The van der Waals surface area contributed by atoms with E-state index in [9.17, 15) is 0 Å². The van der Waals surface area contributed by atoms with E-state index in [1.54, 1.807) is 0 Å². The summed E-state index contributed by atoms with van der Waals surface area (Å²) in [5.41, 5.74) is 9.26. The second-order valence-corrected chi connectivity index (χ2v) is 11.0. The van der Waals surface area contributed by atoms with E-state index in [4.69, 9.17) is 9.98 Å². The summed E-state index contributed by atoms with van der Waals surface area (Å²) in [7, 11) is 0. The van der Waals surface area contributed by atoms with Crippen LogP contribution in [0.25, 0.3) is 0 Å². The number of aryl methyl sites for hydroxylation is 4. The van der Waals surface area contributed by atoms with E-state index in [1.165, 1.54) is 112 Å². The van der Waals surface area contributed by atoms with Crippen molar-refractivity contribution in [3.63, 3.8) is 0 Å². The van der Waals surface area contributed by atoms with E-state index in [-0.39, 0.29) is 20.4 Å². The van der Waals surface area contributed by atoms with Crippen LogP contribution in [0.5, 0.6) is 0 Å². The average molecular weight is 623 g/mol. The summed E-state index contributed by atoms with van der Waals surface area (Å²) in [6, 6.07) is 13.8. The Labute approximate surface area is 255 Å². The average Bonchev–Trinajstić information content (AvgIpc) is 2.94. The minimum absolute atomic E-state index is 0. The minimum Gasteiger partial charge on any atom is -0.255 e. The van der Waals surface area contributed by atoms with Crippen LogP contribution in [0.1, 0.15) is 140 Å². The summed E-state index contributed by atoms with van der Waals surface area (Å²) >= 11 is 0. The number of benzene rings is 2. The van der Waals surface area contributed by atoms with Gasteiger partial charge in [0.15, 0.2) is 0 Å². The van der Waals surface area contributed by atoms with Crippen LogP contribution >= 0.6 is 0 Å². The third-order valence-corrected chi connectivity index (χ3v) is 7.50. The fourth-order valence-corrected chi connectivity index (χ4v) is 4.99. The molecule has 0 aromatic heterocycles. The fraction of sp³-hybridized carbons (Fsp3) is 0.611. The molecule has 0 unspecified atom stereocenters. The molecule has 220 valence electrons.